The minimum atomic E-state index is -0.415. The van der Waals surface area contributed by atoms with Gasteiger partial charge in [0.05, 0.1) is 15.1 Å². The van der Waals surface area contributed by atoms with E-state index in [-0.39, 0.29) is 11.6 Å². The molecule has 3 aromatic rings. The fraction of sp³-hybridized carbons (Fsp3) is 0.263. The molecule has 0 N–H and O–H groups in total. The maximum atomic E-state index is 12.7. The summed E-state index contributed by atoms with van der Waals surface area (Å²) in [7, 11) is 0. The molecule has 26 heavy (non-hydrogen) atoms. The summed E-state index contributed by atoms with van der Waals surface area (Å²) < 4.78 is 2.70. The number of carbonyl (C=O) groups excluding carboxylic acids is 1. The molecule has 0 saturated carbocycles. The van der Waals surface area contributed by atoms with Crippen LogP contribution >= 0.6 is 11.3 Å². The van der Waals surface area contributed by atoms with Crippen molar-refractivity contribution < 1.29 is 9.72 Å². The molecule has 0 atom stereocenters. The van der Waals surface area contributed by atoms with Crippen molar-refractivity contribution in [2.45, 2.75) is 33.7 Å². The van der Waals surface area contributed by atoms with Gasteiger partial charge in [-0.3, -0.25) is 14.9 Å². The number of nitro groups is 1. The SMILES string of the molecule is CCCn1c(=NC(=O)c2cc(C)ccc2C)sc2cc([N+](=O)[O-])ccc21. The maximum absolute atomic E-state index is 12.7. The second-order valence-electron chi connectivity index (χ2n) is 6.18. The highest BCUT2D eigenvalue weighted by molar-refractivity contribution is 7.16. The van der Waals surface area contributed by atoms with Crippen LogP contribution in [0.25, 0.3) is 10.2 Å². The van der Waals surface area contributed by atoms with Crippen molar-refractivity contribution in [3.8, 4) is 0 Å². The van der Waals surface area contributed by atoms with E-state index < -0.39 is 4.92 Å². The van der Waals surface area contributed by atoms with Crippen LogP contribution in [0.1, 0.15) is 34.8 Å². The molecule has 1 heterocycles. The number of nitro benzene ring substituents is 1. The van der Waals surface area contributed by atoms with Gasteiger partial charge in [0.1, 0.15) is 0 Å². The lowest BCUT2D eigenvalue weighted by Crippen LogP contribution is -2.17. The first kappa shape index (κ1) is 18.0. The Morgan fingerprint density at radius 1 is 1.23 bits per heavy atom. The highest BCUT2D eigenvalue weighted by atomic mass is 32.1. The number of amides is 1. The normalized spacial score (nSPS) is 11.9. The van der Waals surface area contributed by atoms with Gasteiger partial charge in [-0.2, -0.15) is 4.99 Å². The molecule has 1 amide bonds. The summed E-state index contributed by atoms with van der Waals surface area (Å²) in [5, 5.41) is 11.0. The smallest absolute Gasteiger partial charge is 0.279 e. The Balaban J connectivity index is 2.17. The first-order valence-electron chi connectivity index (χ1n) is 8.34. The van der Waals surface area contributed by atoms with Gasteiger partial charge >= 0.3 is 0 Å². The molecule has 0 saturated heterocycles. The van der Waals surface area contributed by atoms with Gasteiger partial charge in [-0.1, -0.05) is 36.0 Å². The molecular weight excluding hydrogens is 350 g/mol. The molecule has 0 aliphatic carbocycles. The molecule has 0 radical (unpaired) electrons. The van der Waals surface area contributed by atoms with E-state index in [1.54, 1.807) is 6.07 Å². The summed E-state index contributed by atoms with van der Waals surface area (Å²) in [5.74, 6) is -0.294. The highest BCUT2D eigenvalue weighted by Crippen LogP contribution is 2.23. The van der Waals surface area contributed by atoms with E-state index >= 15 is 0 Å². The summed E-state index contributed by atoms with van der Waals surface area (Å²) in [4.78, 5) is 28.2. The van der Waals surface area contributed by atoms with E-state index in [9.17, 15) is 14.9 Å². The summed E-state index contributed by atoms with van der Waals surface area (Å²) in [6.45, 7) is 6.55. The Hall–Kier alpha value is -2.80. The van der Waals surface area contributed by atoms with Gasteiger partial charge in [-0.15, -0.1) is 0 Å². The largest absolute Gasteiger partial charge is 0.316 e. The number of non-ortho nitro benzene ring substituents is 1. The van der Waals surface area contributed by atoms with Gasteiger partial charge < -0.3 is 4.57 Å². The van der Waals surface area contributed by atoms with Gasteiger partial charge in [0.15, 0.2) is 4.80 Å². The third kappa shape index (κ3) is 3.43. The summed E-state index contributed by atoms with van der Waals surface area (Å²) >= 11 is 1.30. The Morgan fingerprint density at radius 3 is 2.69 bits per heavy atom. The van der Waals surface area contributed by atoms with Crippen molar-refractivity contribution in [2.24, 2.45) is 4.99 Å². The van der Waals surface area contributed by atoms with Gasteiger partial charge in [0.2, 0.25) is 0 Å². The van der Waals surface area contributed by atoms with Crippen molar-refractivity contribution in [2.75, 3.05) is 0 Å². The number of nitrogens with zero attached hydrogens (tertiary/aromatic N) is 3. The van der Waals surface area contributed by atoms with Gasteiger partial charge in [-0.25, -0.2) is 0 Å². The van der Waals surface area contributed by atoms with Crippen molar-refractivity contribution in [3.05, 3.63) is 68.0 Å². The predicted molar refractivity (Wildman–Crippen MR) is 103 cm³/mol. The molecule has 0 aliphatic heterocycles. The molecule has 0 aliphatic rings. The second-order valence-corrected chi connectivity index (χ2v) is 7.19. The van der Waals surface area contributed by atoms with E-state index in [2.05, 4.69) is 4.99 Å². The van der Waals surface area contributed by atoms with E-state index in [4.69, 9.17) is 0 Å². The molecular formula is C19H19N3O3S. The number of carbonyl (C=O) groups is 1. The second kappa shape index (κ2) is 7.21. The number of fused-ring (bicyclic) bond motifs is 1. The monoisotopic (exact) mass is 369 g/mol. The zero-order valence-electron chi connectivity index (χ0n) is 14.9. The zero-order valence-corrected chi connectivity index (χ0v) is 15.7. The van der Waals surface area contributed by atoms with Crippen molar-refractivity contribution >= 4 is 33.1 Å². The van der Waals surface area contributed by atoms with Crippen LogP contribution in [-0.4, -0.2) is 15.4 Å². The molecule has 0 fully saturated rings. The van der Waals surface area contributed by atoms with Gasteiger partial charge in [0, 0.05) is 24.2 Å². The van der Waals surface area contributed by atoms with E-state index in [0.717, 1.165) is 27.8 Å². The first-order valence-corrected chi connectivity index (χ1v) is 9.16. The molecule has 7 heteroatoms. The fourth-order valence-corrected chi connectivity index (χ4v) is 3.90. The van der Waals surface area contributed by atoms with E-state index in [0.29, 0.717) is 16.9 Å². The average molecular weight is 369 g/mol. The Bertz CT molecular complexity index is 1080. The number of thiazole rings is 1. The van der Waals surface area contributed by atoms with Crippen LogP contribution in [0.4, 0.5) is 5.69 Å². The van der Waals surface area contributed by atoms with Crippen LogP contribution in [0.3, 0.4) is 0 Å². The number of aryl methyl sites for hydroxylation is 3. The molecule has 0 unspecified atom stereocenters. The average Bonchev–Trinajstić information content (AvgIpc) is 2.94. The number of rotatable bonds is 4. The van der Waals surface area contributed by atoms with Crippen molar-refractivity contribution in [3.63, 3.8) is 0 Å². The molecule has 3 rings (SSSR count). The first-order chi connectivity index (χ1) is 12.4. The Labute approximate surface area is 154 Å². The molecule has 134 valence electrons. The quantitative estimate of drug-likeness (QED) is 0.506. The third-order valence-corrected chi connectivity index (χ3v) is 5.19. The van der Waals surface area contributed by atoms with E-state index in [1.165, 1.54) is 23.5 Å². The summed E-state index contributed by atoms with van der Waals surface area (Å²) in [6, 6.07) is 10.4. The Morgan fingerprint density at radius 2 is 2.00 bits per heavy atom. The molecule has 1 aromatic heterocycles. The number of hydrogen-bond acceptors (Lipinski definition) is 4. The van der Waals surface area contributed by atoms with Crippen LogP contribution in [0.2, 0.25) is 0 Å². The standard InChI is InChI=1S/C19H19N3O3S/c1-4-9-21-16-8-7-14(22(24)25)11-17(16)26-19(21)20-18(23)15-10-12(2)5-6-13(15)3/h5-8,10-11H,4,9H2,1-3H3. The highest BCUT2D eigenvalue weighted by Gasteiger charge is 2.14. The topological polar surface area (TPSA) is 77.5 Å². The zero-order chi connectivity index (χ0) is 18.8. The lowest BCUT2D eigenvalue weighted by atomic mass is 10.1. The maximum Gasteiger partial charge on any atom is 0.279 e. The fourth-order valence-electron chi connectivity index (χ4n) is 2.81. The molecule has 0 spiro atoms. The molecule has 2 aromatic carbocycles. The summed E-state index contributed by atoms with van der Waals surface area (Å²) in [6.07, 6.45) is 0.869. The molecule has 0 bridgehead atoms. The summed E-state index contributed by atoms with van der Waals surface area (Å²) in [5.41, 5.74) is 3.35. The van der Waals surface area contributed by atoms with Crippen LogP contribution in [0, 0.1) is 24.0 Å². The van der Waals surface area contributed by atoms with Crippen LogP contribution < -0.4 is 4.80 Å². The Kier molecular flexibility index (Phi) is 4.99. The number of hydrogen-bond donors (Lipinski definition) is 0. The van der Waals surface area contributed by atoms with Crippen molar-refractivity contribution in [1.29, 1.82) is 0 Å². The van der Waals surface area contributed by atoms with Crippen LogP contribution in [-0.2, 0) is 6.54 Å². The third-order valence-electron chi connectivity index (χ3n) is 4.15. The van der Waals surface area contributed by atoms with Gasteiger partial charge in [0.25, 0.3) is 11.6 Å². The van der Waals surface area contributed by atoms with Crippen LogP contribution in [0.15, 0.2) is 41.4 Å². The number of aromatic nitrogens is 1. The molecule has 6 nitrogen and oxygen atoms in total. The lowest BCUT2D eigenvalue weighted by molar-refractivity contribution is -0.384. The predicted octanol–water partition coefficient (Wildman–Crippen LogP) is 4.38. The van der Waals surface area contributed by atoms with Gasteiger partial charge in [-0.05, 0) is 38.0 Å². The van der Waals surface area contributed by atoms with Crippen LogP contribution in [0.5, 0.6) is 0 Å². The lowest BCUT2D eigenvalue weighted by Gasteiger charge is -2.04. The van der Waals surface area contributed by atoms with Crippen molar-refractivity contribution in [1.82, 2.24) is 4.57 Å². The van der Waals surface area contributed by atoms with E-state index in [1.807, 2.05) is 43.5 Å². The number of benzene rings is 2. The minimum absolute atomic E-state index is 0.0369. The minimum Gasteiger partial charge on any atom is -0.316 e.